The Bertz CT molecular complexity index is 146. The monoisotopic (exact) mass is 260 g/mol. The maximum absolute atomic E-state index is 5.54. The van der Waals surface area contributed by atoms with Crippen LogP contribution in [0.2, 0.25) is 0 Å². The minimum absolute atomic E-state index is 0.848. The highest BCUT2D eigenvalue weighted by Gasteiger charge is 1.94. The first kappa shape index (κ1) is 17.8. The zero-order chi connectivity index (χ0) is 13.6. The summed E-state index contributed by atoms with van der Waals surface area (Å²) in [6, 6.07) is 0. The summed E-state index contributed by atoms with van der Waals surface area (Å²) in [5.74, 6) is 0. The molecule has 0 unspecified atom stereocenters. The van der Waals surface area contributed by atoms with Crippen LogP contribution in [0.5, 0.6) is 0 Å². The molecule has 0 rings (SSSR count). The fraction of sp³-hybridized carbons (Fsp3) is 1.00. The molecular formula is C14H32N2O2. The molecule has 110 valence electrons. The Kier molecular flexibility index (Phi) is 13.2. The van der Waals surface area contributed by atoms with Crippen molar-refractivity contribution >= 4 is 0 Å². The van der Waals surface area contributed by atoms with Gasteiger partial charge in [-0.3, -0.25) is 0 Å². The van der Waals surface area contributed by atoms with Crippen LogP contribution in [0.1, 0.15) is 25.7 Å². The van der Waals surface area contributed by atoms with Gasteiger partial charge in [0.05, 0.1) is 13.2 Å². The molecule has 0 aliphatic carbocycles. The van der Waals surface area contributed by atoms with E-state index in [1.54, 1.807) is 0 Å². The molecular weight excluding hydrogens is 228 g/mol. The lowest BCUT2D eigenvalue weighted by Crippen LogP contribution is -2.18. The van der Waals surface area contributed by atoms with Crippen LogP contribution in [0, 0.1) is 0 Å². The Labute approximate surface area is 113 Å². The Balaban J connectivity index is 2.95. The zero-order valence-electron chi connectivity index (χ0n) is 12.8. The van der Waals surface area contributed by atoms with Gasteiger partial charge in [0.25, 0.3) is 0 Å². The third-order valence-corrected chi connectivity index (χ3v) is 2.69. The highest BCUT2D eigenvalue weighted by molar-refractivity contribution is 4.45. The number of hydrogen-bond donors (Lipinski definition) is 0. The van der Waals surface area contributed by atoms with Crippen molar-refractivity contribution in [2.45, 2.75) is 25.7 Å². The van der Waals surface area contributed by atoms with E-state index in [9.17, 15) is 0 Å². The number of hydrogen-bond acceptors (Lipinski definition) is 4. The van der Waals surface area contributed by atoms with Gasteiger partial charge in [-0.05, 0) is 41.0 Å². The highest BCUT2D eigenvalue weighted by atomic mass is 16.5. The molecule has 0 N–H and O–H groups in total. The fourth-order valence-corrected chi connectivity index (χ4v) is 1.46. The molecule has 0 saturated heterocycles. The van der Waals surface area contributed by atoms with E-state index in [2.05, 4.69) is 38.0 Å². The first-order valence-corrected chi connectivity index (χ1v) is 7.08. The summed E-state index contributed by atoms with van der Waals surface area (Å²) >= 11 is 0. The van der Waals surface area contributed by atoms with Crippen molar-refractivity contribution in [2.24, 2.45) is 0 Å². The van der Waals surface area contributed by atoms with E-state index in [1.807, 2.05) is 0 Å². The first-order chi connectivity index (χ1) is 8.63. The SMILES string of the molecule is CN(C)CCOCCCCCCOCCN(C)C. The van der Waals surface area contributed by atoms with Crippen molar-refractivity contribution in [3.05, 3.63) is 0 Å². The van der Waals surface area contributed by atoms with E-state index in [0.29, 0.717) is 0 Å². The molecule has 18 heavy (non-hydrogen) atoms. The second-order valence-corrected chi connectivity index (χ2v) is 5.25. The summed E-state index contributed by atoms with van der Waals surface area (Å²) in [4.78, 5) is 4.29. The summed E-state index contributed by atoms with van der Waals surface area (Å²) in [6.45, 7) is 5.52. The molecule has 0 aromatic rings. The van der Waals surface area contributed by atoms with Crippen LogP contribution in [-0.4, -0.2) is 77.5 Å². The average Bonchev–Trinajstić information content (AvgIpc) is 2.29. The van der Waals surface area contributed by atoms with Gasteiger partial charge in [0.1, 0.15) is 0 Å². The van der Waals surface area contributed by atoms with Gasteiger partial charge in [0.2, 0.25) is 0 Å². The molecule has 0 aromatic heterocycles. The molecule has 0 radical (unpaired) electrons. The standard InChI is InChI=1S/C14H32N2O2/c1-15(2)9-13-17-11-7-5-6-8-12-18-14-10-16(3)4/h5-14H2,1-4H3. The zero-order valence-corrected chi connectivity index (χ0v) is 12.8. The Morgan fingerprint density at radius 3 is 1.28 bits per heavy atom. The lowest BCUT2D eigenvalue weighted by molar-refractivity contribution is 0.106. The van der Waals surface area contributed by atoms with Crippen molar-refractivity contribution in [2.75, 3.05) is 67.7 Å². The maximum atomic E-state index is 5.54. The van der Waals surface area contributed by atoms with Gasteiger partial charge in [-0.2, -0.15) is 0 Å². The highest BCUT2D eigenvalue weighted by Crippen LogP contribution is 2.00. The van der Waals surface area contributed by atoms with Gasteiger partial charge in [-0.1, -0.05) is 12.8 Å². The summed E-state index contributed by atoms with van der Waals surface area (Å²) in [5.41, 5.74) is 0. The van der Waals surface area contributed by atoms with Crippen molar-refractivity contribution in [1.29, 1.82) is 0 Å². The largest absolute Gasteiger partial charge is 0.380 e. The van der Waals surface area contributed by atoms with E-state index in [1.165, 1.54) is 25.7 Å². The van der Waals surface area contributed by atoms with Gasteiger partial charge in [0.15, 0.2) is 0 Å². The van der Waals surface area contributed by atoms with Crippen molar-refractivity contribution in [3.8, 4) is 0 Å². The predicted molar refractivity (Wildman–Crippen MR) is 77.2 cm³/mol. The molecule has 0 bridgehead atoms. The van der Waals surface area contributed by atoms with Gasteiger partial charge < -0.3 is 19.3 Å². The summed E-state index contributed by atoms with van der Waals surface area (Å²) in [5, 5.41) is 0. The quantitative estimate of drug-likeness (QED) is 0.471. The van der Waals surface area contributed by atoms with Crippen LogP contribution in [0.25, 0.3) is 0 Å². The normalized spacial score (nSPS) is 11.7. The Morgan fingerprint density at radius 2 is 0.944 bits per heavy atom. The van der Waals surface area contributed by atoms with Gasteiger partial charge in [-0.15, -0.1) is 0 Å². The number of nitrogens with zero attached hydrogens (tertiary/aromatic N) is 2. The average molecular weight is 260 g/mol. The molecule has 0 aliphatic rings. The van der Waals surface area contributed by atoms with Crippen LogP contribution >= 0.6 is 0 Å². The van der Waals surface area contributed by atoms with E-state index < -0.39 is 0 Å². The summed E-state index contributed by atoms with van der Waals surface area (Å²) < 4.78 is 11.1. The number of rotatable bonds is 13. The molecule has 0 aliphatic heterocycles. The molecule has 0 fully saturated rings. The van der Waals surface area contributed by atoms with Crippen LogP contribution in [0.3, 0.4) is 0 Å². The fourth-order valence-electron chi connectivity index (χ4n) is 1.46. The number of ether oxygens (including phenoxy) is 2. The predicted octanol–water partition coefficient (Wildman–Crippen LogP) is 1.70. The summed E-state index contributed by atoms with van der Waals surface area (Å²) in [7, 11) is 8.28. The van der Waals surface area contributed by atoms with E-state index in [0.717, 1.165) is 39.5 Å². The topological polar surface area (TPSA) is 24.9 Å². The number of likely N-dealkylation sites (N-methyl/N-ethyl adjacent to an activating group) is 2. The Hall–Kier alpha value is -0.160. The lowest BCUT2D eigenvalue weighted by Gasteiger charge is -2.10. The maximum Gasteiger partial charge on any atom is 0.0593 e. The van der Waals surface area contributed by atoms with Crippen molar-refractivity contribution in [1.82, 2.24) is 9.80 Å². The molecule has 0 amide bonds. The van der Waals surface area contributed by atoms with Crippen LogP contribution in [0.4, 0.5) is 0 Å². The minimum Gasteiger partial charge on any atom is -0.380 e. The second kappa shape index (κ2) is 13.3. The molecule has 0 heterocycles. The first-order valence-electron chi connectivity index (χ1n) is 7.08. The van der Waals surface area contributed by atoms with Crippen LogP contribution in [-0.2, 0) is 9.47 Å². The third kappa shape index (κ3) is 15.8. The van der Waals surface area contributed by atoms with Gasteiger partial charge in [-0.25, -0.2) is 0 Å². The lowest BCUT2D eigenvalue weighted by atomic mass is 10.2. The minimum atomic E-state index is 0.848. The van der Waals surface area contributed by atoms with E-state index in [-0.39, 0.29) is 0 Å². The summed E-state index contributed by atoms with van der Waals surface area (Å²) in [6.07, 6.45) is 4.84. The van der Waals surface area contributed by atoms with Crippen LogP contribution in [0.15, 0.2) is 0 Å². The van der Waals surface area contributed by atoms with Crippen LogP contribution < -0.4 is 0 Å². The number of unbranched alkanes of at least 4 members (excludes halogenated alkanes) is 3. The molecule has 0 aromatic carbocycles. The second-order valence-electron chi connectivity index (χ2n) is 5.25. The molecule has 4 nitrogen and oxygen atoms in total. The van der Waals surface area contributed by atoms with Crippen molar-refractivity contribution in [3.63, 3.8) is 0 Å². The molecule has 4 heteroatoms. The molecule has 0 spiro atoms. The molecule has 0 saturated carbocycles. The van der Waals surface area contributed by atoms with E-state index >= 15 is 0 Å². The van der Waals surface area contributed by atoms with Gasteiger partial charge >= 0.3 is 0 Å². The third-order valence-electron chi connectivity index (χ3n) is 2.69. The smallest absolute Gasteiger partial charge is 0.0593 e. The van der Waals surface area contributed by atoms with E-state index in [4.69, 9.17) is 9.47 Å². The van der Waals surface area contributed by atoms with Gasteiger partial charge in [0, 0.05) is 26.3 Å². The molecule has 0 atom stereocenters. The Morgan fingerprint density at radius 1 is 0.556 bits per heavy atom. The van der Waals surface area contributed by atoms with Crippen molar-refractivity contribution < 1.29 is 9.47 Å².